The minimum absolute atomic E-state index is 0.175. The molecule has 0 spiro atoms. The zero-order chi connectivity index (χ0) is 8.39. The molecule has 54 valence electrons. The van der Waals surface area contributed by atoms with Crippen LogP contribution in [0.3, 0.4) is 0 Å². The van der Waals surface area contributed by atoms with Crippen LogP contribution in [-0.2, 0) is 0 Å². The fourth-order valence-corrected chi connectivity index (χ4v) is 0.769. The smallest absolute Gasteiger partial charge is 0.104 e. The second-order valence-corrected chi connectivity index (χ2v) is 1.95. The zero-order valence-electron chi connectivity index (χ0n) is 6.68. The Morgan fingerprint density at radius 1 is 1.27 bits per heavy atom. The maximum absolute atomic E-state index is 7.44. The van der Waals surface area contributed by atoms with Crippen molar-refractivity contribution in [2.24, 2.45) is 0 Å². The van der Waals surface area contributed by atoms with Gasteiger partial charge in [0.1, 0.15) is 5.69 Å². The summed E-state index contributed by atoms with van der Waals surface area (Å²) in [5.41, 5.74) is 0.586. The first-order chi connectivity index (χ1) is 5.88. The maximum Gasteiger partial charge on any atom is 0.104 e. The van der Waals surface area contributed by atoms with Crippen LogP contribution in [0, 0.1) is 0 Å². The van der Waals surface area contributed by atoms with E-state index in [0.717, 1.165) is 0 Å². The molecule has 2 aromatic rings. The molecule has 0 atom stereocenters. The first-order valence-electron chi connectivity index (χ1n) is 3.66. The Balaban J connectivity index is 2.55. The zero-order valence-corrected chi connectivity index (χ0v) is 5.68. The van der Waals surface area contributed by atoms with Gasteiger partial charge in [0.05, 0.1) is 19.9 Å². The first-order valence-corrected chi connectivity index (χ1v) is 3.16. The Morgan fingerprint density at radius 2 is 2.09 bits per heavy atom. The van der Waals surface area contributed by atoms with Crippen LogP contribution in [0.15, 0.2) is 36.9 Å². The van der Waals surface area contributed by atoms with Crippen molar-refractivity contribution in [1.82, 2.24) is 20.0 Å². The van der Waals surface area contributed by atoms with Gasteiger partial charge >= 0.3 is 0 Å². The molecule has 11 heavy (non-hydrogen) atoms. The van der Waals surface area contributed by atoms with Gasteiger partial charge in [0.15, 0.2) is 0 Å². The third-order valence-electron chi connectivity index (χ3n) is 1.23. The van der Waals surface area contributed by atoms with Gasteiger partial charge in [-0.2, -0.15) is 15.0 Å². The highest BCUT2D eigenvalue weighted by atomic mass is 15.5. The number of rotatable bonds is 1. The first kappa shape index (κ1) is 5.01. The van der Waals surface area contributed by atoms with Crippen molar-refractivity contribution in [2.75, 3.05) is 0 Å². The van der Waals surface area contributed by atoms with Crippen LogP contribution >= 0.6 is 0 Å². The molecule has 0 aromatic carbocycles. The van der Waals surface area contributed by atoms with Crippen LogP contribution in [0.5, 0.6) is 0 Å². The van der Waals surface area contributed by atoms with E-state index in [-0.39, 0.29) is 6.17 Å². The molecule has 4 nitrogen and oxygen atoms in total. The second kappa shape index (κ2) is 2.49. The summed E-state index contributed by atoms with van der Waals surface area (Å²) in [6.45, 7) is 0. The van der Waals surface area contributed by atoms with E-state index in [1.54, 1.807) is 30.7 Å². The molecule has 0 bridgehead atoms. The Kier molecular flexibility index (Phi) is 1.14. The van der Waals surface area contributed by atoms with Crippen molar-refractivity contribution in [2.45, 2.75) is 0 Å². The summed E-state index contributed by atoms with van der Waals surface area (Å²) < 4.78 is 7.44. The minimum atomic E-state index is 0.175. The van der Waals surface area contributed by atoms with E-state index < -0.39 is 0 Å². The van der Waals surface area contributed by atoms with Gasteiger partial charge in [-0.15, -0.1) is 0 Å². The van der Waals surface area contributed by atoms with E-state index in [0.29, 0.717) is 5.69 Å². The van der Waals surface area contributed by atoms with Gasteiger partial charge in [-0.3, -0.25) is 4.98 Å². The van der Waals surface area contributed by atoms with Crippen LogP contribution in [0.1, 0.15) is 1.37 Å². The van der Waals surface area contributed by atoms with Gasteiger partial charge in [0.2, 0.25) is 0 Å². The molecule has 0 aliphatic heterocycles. The SMILES string of the molecule is [2H]c1ncccc1-n1nccn1. The molecule has 0 aliphatic rings. The van der Waals surface area contributed by atoms with Gasteiger partial charge in [-0.05, 0) is 12.1 Å². The van der Waals surface area contributed by atoms with Crippen LogP contribution in [0.4, 0.5) is 0 Å². The van der Waals surface area contributed by atoms with E-state index in [4.69, 9.17) is 1.37 Å². The Labute approximate surface area is 64.9 Å². The average Bonchev–Trinajstić information content (AvgIpc) is 2.57. The number of aromatic nitrogens is 4. The molecule has 0 aliphatic carbocycles. The fraction of sp³-hybridized carbons (Fsp3) is 0. The molecule has 4 heteroatoms. The summed E-state index contributed by atoms with van der Waals surface area (Å²) in [5.74, 6) is 0. The lowest BCUT2D eigenvalue weighted by molar-refractivity contribution is 0.748. The summed E-state index contributed by atoms with van der Waals surface area (Å²) >= 11 is 0. The van der Waals surface area contributed by atoms with Crippen LogP contribution in [0.2, 0.25) is 0 Å². The molecule has 2 heterocycles. The molecular weight excluding hydrogens is 140 g/mol. The topological polar surface area (TPSA) is 43.6 Å². The molecule has 0 saturated heterocycles. The van der Waals surface area contributed by atoms with Crippen LogP contribution < -0.4 is 0 Å². The van der Waals surface area contributed by atoms with Crippen molar-refractivity contribution >= 4 is 0 Å². The highest BCUT2D eigenvalue weighted by Gasteiger charge is 1.93. The third kappa shape index (κ3) is 1.10. The van der Waals surface area contributed by atoms with Crippen molar-refractivity contribution in [3.8, 4) is 5.69 Å². The van der Waals surface area contributed by atoms with Gasteiger partial charge in [0, 0.05) is 6.20 Å². The summed E-state index contributed by atoms with van der Waals surface area (Å²) in [4.78, 5) is 5.17. The molecule has 2 aromatic heterocycles. The molecule has 0 saturated carbocycles. The van der Waals surface area contributed by atoms with E-state index in [2.05, 4.69) is 15.2 Å². The number of nitrogens with zero attached hydrogens (tertiary/aromatic N) is 4. The standard InChI is InChI=1S/C7H6N4/c1-2-7(6-8-3-1)11-9-4-5-10-11/h1-6H/i6D. The maximum atomic E-state index is 7.44. The minimum Gasteiger partial charge on any atom is -0.262 e. The van der Waals surface area contributed by atoms with Crippen molar-refractivity contribution < 1.29 is 1.37 Å². The number of hydrogen-bond donors (Lipinski definition) is 0. The molecule has 0 amide bonds. The van der Waals surface area contributed by atoms with Crippen molar-refractivity contribution in [1.29, 1.82) is 0 Å². The Hall–Kier alpha value is -1.71. The van der Waals surface area contributed by atoms with Gasteiger partial charge in [-0.25, -0.2) is 0 Å². The second-order valence-electron chi connectivity index (χ2n) is 1.95. The van der Waals surface area contributed by atoms with Crippen LogP contribution in [0.25, 0.3) is 5.69 Å². The largest absolute Gasteiger partial charge is 0.262 e. The predicted molar refractivity (Wildman–Crippen MR) is 39.2 cm³/mol. The Bertz CT molecular complexity index is 371. The molecule has 0 radical (unpaired) electrons. The molecule has 0 fully saturated rings. The molecule has 0 unspecified atom stereocenters. The lowest BCUT2D eigenvalue weighted by atomic mass is 10.4. The highest BCUT2D eigenvalue weighted by molar-refractivity contribution is 5.23. The van der Waals surface area contributed by atoms with E-state index in [1.807, 2.05) is 0 Å². The van der Waals surface area contributed by atoms with Gasteiger partial charge in [0.25, 0.3) is 0 Å². The van der Waals surface area contributed by atoms with Gasteiger partial charge < -0.3 is 0 Å². The summed E-state index contributed by atoms with van der Waals surface area (Å²) in [7, 11) is 0. The monoisotopic (exact) mass is 147 g/mol. The lowest BCUT2D eigenvalue weighted by Gasteiger charge is -1.94. The summed E-state index contributed by atoms with van der Waals surface area (Å²) in [5, 5.41) is 7.79. The van der Waals surface area contributed by atoms with Gasteiger partial charge in [-0.1, -0.05) is 0 Å². The van der Waals surface area contributed by atoms with E-state index in [9.17, 15) is 0 Å². The molecule has 0 N–H and O–H groups in total. The fourth-order valence-electron chi connectivity index (χ4n) is 0.769. The molecular formula is C7H6N4. The van der Waals surface area contributed by atoms with E-state index >= 15 is 0 Å². The Morgan fingerprint density at radius 3 is 2.82 bits per heavy atom. The summed E-state index contributed by atoms with van der Waals surface area (Å²) in [6.07, 6.45) is 4.86. The average molecular weight is 147 g/mol. The lowest BCUT2D eigenvalue weighted by Crippen LogP contribution is -1.97. The quantitative estimate of drug-likeness (QED) is 0.595. The van der Waals surface area contributed by atoms with Crippen molar-refractivity contribution in [3.63, 3.8) is 0 Å². The van der Waals surface area contributed by atoms with E-state index in [1.165, 1.54) is 4.80 Å². The third-order valence-corrected chi connectivity index (χ3v) is 1.23. The van der Waals surface area contributed by atoms with Crippen molar-refractivity contribution in [3.05, 3.63) is 36.9 Å². The predicted octanol–water partition coefficient (Wildman–Crippen LogP) is 0.662. The van der Waals surface area contributed by atoms with Crippen LogP contribution in [-0.4, -0.2) is 20.0 Å². The number of hydrogen-bond acceptors (Lipinski definition) is 3. The number of pyridine rings is 1. The molecule has 2 rings (SSSR count). The normalized spacial score (nSPS) is 11.1. The summed E-state index contributed by atoms with van der Waals surface area (Å²) in [6, 6.07) is 3.49. The highest BCUT2D eigenvalue weighted by Crippen LogP contribution is 1.98.